The van der Waals surface area contributed by atoms with Gasteiger partial charge in [0.25, 0.3) is 0 Å². The van der Waals surface area contributed by atoms with Crippen molar-refractivity contribution >= 4 is 0 Å². The van der Waals surface area contributed by atoms with Gasteiger partial charge in [-0.2, -0.15) is 0 Å². The number of hydrogen-bond acceptors (Lipinski definition) is 3. The van der Waals surface area contributed by atoms with Gasteiger partial charge in [0.15, 0.2) is 0 Å². The SMILES string of the molecule is CCCNCCOCCOC(F)(F)F. The molecule has 86 valence electrons. The molecule has 0 bridgehead atoms. The van der Waals surface area contributed by atoms with Crippen molar-refractivity contribution in [3.8, 4) is 0 Å². The molecule has 0 saturated carbocycles. The first-order chi connectivity index (χ1) is 6.56. The van der Waals surface area contributed by atoms with Gasteiger partial charge in [0, 0.05) is 6.54 Å². The van der Waals surface area contributed by atoms with Gasteiger partial charge in [0.2, 0.25) is 0 Å². The number of nitrogens with one attached hydrogen (secondary N) is 1. The van der Waals surface area contributed by atoms with E-state index >= 15 is 0 Å². The van der Waals surface area contributed by atoms with Crippen molar-refractivity contribution in [2.75, 3.05) is 32.9 Å². The zero-order chi connectivity index (χ0) is 10.9. The second-order valence-electron chi connectivity index (χ2n) is 2.66. The molecule has 6 heteroatoms. The van der Waals surface area contributed by atoms with Gasteiger partial charge in [-0.15, -0.1) is 13.2 Å². The lowest BCUT2D eigenvalue weighted by Crippen LogP contribution is -2.22. The Kier molecular flexibility index (Phi) is 7.83. The zero-order valence-corrected chi connectivity index (χ0v) is 8.19. The Morgan fingerprint density at radius 3 is 2.36 bits per heavy atom. The van der Waals surface area contributed by atoms with Crippen LogP contribution >= 0.6 is 0 Å². The number of hydrogen-bond donors (Lipinski definition) is 1. The minimum Gasteiger partial charge on any atom is -0.378 e. The molecule has 0 amide bonds. The van der Waals surface area contributed by atoms with Crippen LogP contribution in [-0.4, -0.2) is 39.3 Å². The topological polar surface area (TPSA) is 30.5 Å². The second-order valence-corrected chi connectivity index (χ2v) is 2.66. The van der Waals surface area contributed by atoms with Gasteiger partial charge in [0.1, 0.15) is 0 Å². The van der Waals surface area contributed by atoms with Gasteiger partial charge in [-0.1, -0.05) is 6.92 Å². The molecule has 0 atom stereocenters. The fourth-order valence-electron chi connectivity index (χ4n) is 0.764. The molecule has 0 fully saturated rings. The third kappa shape index (κ3) is 11.7. The van der Waals surface area contributed by atoms with Crippen LogP contribution in [0.4, 0.5) is 13.2 Å². The van der Waals surface area contributed by atoms with Gasteiger partial charge < -0.3 is 10.1 Å². The van der Waals surface area contributed by atoms with Gasteiger partial charge in [0.05, 0.1) is 19.8 Å². The van der Waals surface area contributed by atoms with Gasteiger partial charge >= 0.3 is 6.36 Å². The average molecular weight is 215 g/mol. The smallest absolute Gasteiger partial charge is 0.378 e. The van der Waals surface area contributed by atoms with E-state index in [-0.39, 0.29) is 6.61 Å². The molecule has 14 heavy (non-hydrogen) atoms. The molecular weight excluding hydrogens is 199 g/mol. The van der Waals surface area contributed by atoms with Gasteiger partial charge in [-0.05, 0) is 13.0 Å². The summed E-state index contributed by atoms with van der Waals surface area (Å²) >= 11 is 0. The van der Waals surface area contributed by atoms with Crippen molar-refractivity contribution in [3.05, 3.63) is 0 Å². The van der Waals surface area contributed by atoms with Crippen molar-refractivity contribution in [2.45, 2.75) is 19.7 Å². The van der Waals surface area contributed by atoms with Crippen molar-refractivity contribution in [2.24, 2.45) is 0 Å². The molecule has 0 aliphatic heterocycles. The Morgan fingerprint density at radius 2 is 1.79 bits per heavy atom. The maximum absolute atomic E-state index is 11.4. The largest absolute Gasteiger partial charge is 0.522 e. The molecule has 0 aliphatic carbocycles. The predicted octanol–water partition coefficient (Wildman–Crippen LogP) is 1.54. The van der Waals surface area contributed by atoms with E-state index in [4.69, 9.17) is 4.74 Å². The molecule has 3 nitrogen and oxygen atoms in total. The minimum atomic E-state index is -4.55. The van der Waals surface area contributed by atoms with Crippen LogP contribution in [0.2, 0.25) is 0 Å². The highest BCUT2D eigenvalue weighted by molar-refractivity contribution is 4.43. The first kappa shape index (κ1) is 13.7. The van der Waals surface area contributed by atoms with Crippen LogP contribution in [0.5, 0.6) is 0 Å². The summed E-state index contributed by atoms with van der Waals surface area (Å²) in [5.41, 5.74) is 0. The fourth-order valence-corrected chi connectivity index (χ4v) is 0.764. The summed E-state index contributed by atoms with van der Waals surface area (Å²) < 4.78 is 42.7. The molecule has 0 saturated heterocycles. The monoisotopic (exact) mass is 215 g/mol. The van der Waals surface area contributed by atoms with Crippen LogP contribution in [0, 0.1) is 0 Å². The molecule has 0 aromatic rings. The van der Waals surface area contributed by atoms with Crippen molar-refractivity contribution in [1.29, 1.82) is 0 Å². The van der Waals surface area contributed by atoms with E-state index in [2.05, 4.69) is 10.1 Å². The van der Waals surface area contributed by atoms with Crippen LogP contribution in [0.1, 0.15) is 13.3 Å². The quantitative estimate of drug-likeness (QED) is 0.623. The van der Waals surface area contributed by atoms with Gasteiger partial charge in [-0.25, -0.2) is 0 Å². The Hall–Kier alpha value is -0.330. The summed E-state index contributed by atoms with van der Waals surface area (Å²) in [4.78, 5) is 0. The molecule has 0 aromatic carbocycles. The highest BCUT2D eigenvalue weighted by Gasteiger charge is 2.28. The van der Waals surface area contributed by atoms with E-state index in [9.17, 15) is 13.2 Å². The molecular formula is C8H16F3NO2. The number of ether oxygens (including phenoxy) is 2. The summed E-state index contributed by atoms with van der Waals surface area (Å²) in [6.45, 7) is 3.50. The van der Waals surface area contributed by atoms with Gasteiger partial charge in [-0.3, -0.25) is 4.74 Å². The summed E-state index contributed by atoms with van der Waals surface area (Å²) in [5, 5.41) is 3.05. The lowest BCUT2D eigenvalue weighted by molar-refractivity contribution is -0.327. The lowest BCUT2D eigenvalue weighted by Gasteiger charge is -2.08. The van der Waals surface area contributed by atoms with E-state index in [0.29, 0.717) is 13.2 Å². The van der Waals surface area contributed by atoms with Crippen LogP contribution in [0.25, 0.3) is 0 Å². The normalized spacial score (nSPS) is 12.0. The lowest BCUT2D eigenvalue weighted by atomic mass is 10.5. The maximum Gasteiger partial charge on any atom is 0.522 e. The molecule has 0 heterocycles. The number of halogens is 3. The van der Waals surface area contributed by atoms with Crippen molar-refractivity contribution < 1.29 is 22.6 Å². The van der Waals surface area contributed by atoms with E-state index in [1.807, 2.05) is 6.92 Å². The van der Waals surface area contributed by atoms with Crippen LogP contribution in [-0.2, 0) is 9.47 Å². The first-order valence-corrected chi connectivity index (χ1v) is 4.55. The molecule has 1 N–H and O–H groups in total. The Balaban J connectivity index is 2.99. The Morgan fingerprint density at radius 1 is 1.07 bits per heavy atom. The Bertz CT molecular complexity index is 130. The molecule has 0 radical (unpaired) electrons. The Labute approximate surface area is 81.6 Å². The van der Waals surface area contributed by atoms with Crippen LogP contribution in [0.3, 0.4) is 0 Å². The van der Waals surface area contributed by atoms with E-state index in [1.165, 1.54) is 0 Å². The molecule has 0 spiro atoms. The highest BCUT2D eigenvalue weighted by Crippen LogP contribution is 2.15. The van der Waals surface area contributed by atoms with E-state index < -0.39 is 13.0 Å². The number of alkyl halides is 3. The molecule has 0 aromatic heterocycles. The summed E-state index contributed by atoms with van der Waals surface area (Å²) in [5.74, 6) is 0. The second kappa shape index (κ2) is 8.02. The molecule has 0 unspecified atom stereocenters. The van der Waals surface area contributed by atoms with E-state index in [0.717, 1.165) is 13.0 Å². The maximum atomic E-state index is 11.4. The fraction of sp³-hybridized carbons (Fsp3) is 1.00. The molecule has 0 rings (SSSR count). The molecule has 0 aliphatic rings. The summed E-state index contributed by atoms with van der Waals surface area (Å²) in [7, 11) is 0. The summed E-state index contributed by atoms with van der Waals surface area (Å²) in [6.07, 6.45) is -3.53. The van der Waals surface area contributed by atoms with Crippen molar-refractivity contribution in [1.82, 2.24) is 5.32 Å². The zero-order valence-electron chi connectivity index (χ0n) is 8.19. The minimum absolute atomic E-state index is 0.0344. The van der Waals surface area contributed by atoms with E-state index in [1.54, 1.807) is 0 Å². The third-order valence-electron chi connectivity index (χ3n) is 1.34. The van der Waals surface area contributed by atoms with Crippen LogP contribution in [0.15, 0.2) is 0 Å². The third-order valence-corrected chi connectivity index (χ3v) is 1.34. The average Bonchev–Trinajstić information content (AvgIpc) is 2.08. The summed E-state index contributed by atoms with van der Waals surface area (Å²) in [6, 6.07) is 0. The van der Waals surface area contributed by atoms with Crippen LogP contribution < -0.4 is 5.32 Å². The standard InChI is InChI=1S/C8H16F3NO2/c1-2-3-12-4-5-13-6-7-14-8(9,10)11/h12H,2-7H2,1H3. The first-order valence-electron chi connectivity index (χ1n) is 4.55. The predicted molar refractivity (Wildman–Crippen MR) is 46.0 cm³/mol. The van der Waals surface area contributed by atoms with Crippen molar-refractivity contribution in [3.63, 3.8) is 0 Å². The highest BCUT2D eigenvalue weighted by atomic mass is 19.4. The number of rotatable bonds is 8.